The molecule has 39 heavy (non-hydrogen) atoms. The van der Waals surface area contributed by atoms with Crippen molar-refractivity contribution in [3.8, 4) is 23.0 Å². The van der Waals surface area contributed by atoms with Gasteiger partial charge in [-0.1, -0.05) is 6.07 Å². The van der Waals surface area contributed by atoms with Gasteiger partial charge in [-0.3, -0.25) is 5.43 Å². The zero-order valence-electron chi connectivity index (χ0n) is 22.6. The van der Waals surface area contributed by atoms with Crippen molar-refractivity contribution in [1.82, 2.24) is 9.97 Å². The van der Waals surface area contributed by atoms with Crippen LogP contribution >= 0.6 is 0 Å². The lowest BCUT2D eigenvalue weighted by molar-refractivity contribution is 0.211. The van der Waals surface area contributed by atoms with Gasteiger partial charge in [0.25, 0.3) is 0 Å². The Kier molecular flexibility index (Phi) is 8.82. The number of benzene rings is 2. The van der Waals surface area contributed by atoms with Crippen LogP contribution in [0, 0.1) is 0 Å². The molecule has 0 spiro atoms. The number of methoxy groups -OCH3 is 2. The summed E-state index contributed by atoms with van der Waals surface area (Å²) in [5, 5.41) is 4.45. The van der Waals surface area contributed by atoms with E-state index in [4.69, 9.17) is 28.9 Å². The molecule has 0 aliphatic carbocycles. The fraction of sp³-hybridized carbons (Fsp3) is 0.414. The summed E-state index contributed by atoms with van der Waals surface area (Å²) in [6.45, 7) is 4.80. The van der Waals surface area contributed by atoms with Gasteiger partial charge in [-0.2, -0.15) is 15.1 Å². The minimum absolute atomic E-state index is 0.370. The summed E-state index contributed by atoms with van der Waals surface area (Å²) in [6, 6.07) is 15.1. The van der Waals surface area contributed by atoms with Crippen LogP contribution in [0.3, 0.4) is 0 Å². The minimum atomic E-state index is 0.370. The number of aromatic nitrogens is 2. The van der Waals surface area contributed by atoms with Crippen molar-refractivity contribution in [2.45, 2.75) is 25.7 Å². The second-order valence-electron chi connectivity index (χ2n) is 9.46. The Morgan fingerprint density at radius 3 is 2.31 bits per heavy atom. The summed E-state index contributed by atoms with van der Waals surface area (Å²) in [6.07, 6.45) is 6.48. The average Bonchev–Trinajstić information content (AvgIpc) is 3.71. The van der Waals surface area contributed by atoms with Gasteiger partial charge < -0.3 is 28.7 Å². The molecule has 2 saturated heterocycles. The van der Waals surface area contributed by atoms with Crippen molar-refractivity contribution in [1.29, 1.82) is 0 Å². The number of nitrogens with one attached hydrogen (secondary N) is 1. The Balaban J connectivity index is 1.19. The SMILES string of the molecule is COc1cccc(OCCOc2ccc(/C=N\Nc3cc(N4CCCC4)nc(N4CCCC4)n3)cc2OC)c1. The van der Waals surface area contributed by atoms with Gasteiger partial charge in [0.15, 0.2) is 17.3 Å². The van der Waals surface area contributed by atoms with Gasteiger partial charge >= 0.3 is 0 Å². The van der Waals surface area contributed by atoms with Crippen LogP contribution in [0.1, 0.15) is 31.2 Å². The van der Waals surface area contributed by atoms with E-state index in [9.17, 15) is 0 Å². The lowest BCUT2D eigenvalue weighted by Gasteiger charge is -2.21. The standard InChI is InChI=1S/C29H36N6O4/c1-36-23-8-7-9-24(19-23)38-16-17-39-25-11-10-22(18-26(25)37-2)21-30-33-27-20-28(34-12-3-4-13-34)32-29(31-27)35-14-5-6-15-35/h7-11,18-21H,3-6,12-17H2,1-2H3,(H,31,32,33)/b30-21-. The van der Waals surface area contributed by atoms with Crippen LogP contribution < -0.4 is 34.2 Å². The smallest absolute Gasteiger partial charge is 0.229 e. The van der Waals surface area contributed by atoms with Crippen molar-refractivity contribution in [2.75, 3.05) is 68.8 Å². The third-order valence-electron chi connectivity index (χ3n) is 6.75. The average molecular weight is 533 g/mol. The maximum Gasteiger partial charge on any atom is 0.229 e. The van der Waals surface area contributed by atoms with Crippen molar-refractivity contribution < 1.29 is 18.9 Å². The topological polar surface area (TPSA) is 93.6 Å². The number of anilines is 3. The molecular weight excluding hydrogens is 496 g/mol. The Bertz CT molecular complexity index is 1220. The molecule has 5 rings (SSSR count). The van der Waals surface area contributed by atoms with E-state index in [2.05, 4.69) is 20.3 Å². The first kappa shape index (κ1) is 26.4. The van der Waals surface area contributed by atoms with Crippen LogP contribution in [-0.2, 0) is 0 Å². The van der Waals surface area contributed by atoms with E-state index in [-0.39, 0.29) is 0 Å². The summed E-state index contributed by atoms with van der Waals surface area (Å²) < 4.78 is 22.4. The van der Waals surface area contributed by atoms with Crippen molar-refractivity contribution in [3.63, 3.8) is 0 Å². The second-order valence-corrected chi connectivity index (χ2v) is 9.46. The molecule has 0 radical (unpaired) electrons. The summed E-state index contributed by atoms with van der Waals surface area (Å²) in [5.74, 6) is 5.16. The molecule has 1 N–H and O–H groups in total. The van der Waals surface area contributed by atoms with Gasteiger partial charge in [-0.15, -0.1) is 0 Å². The molecule has 2 aliphatic rings. The zero-order valence-corrected chi connectivity index (χ0v) is 22.6. The van der Waals surface area contributed by atoms with E-state index in [1.165, 1.54) is 25.7 Å². The molecule has 0 unspecified atom stereocenters. The first-order valence-electron chi connectivity index (χ1n) is 13.5. The third-order valence-corrected chi connectivity index (χ3v) is 6.75. The summed E-state index contributed by atoms with van der Waals surface area (Å²) in [7, 11) is 3.25. The molecule has 3 aromatic rings. The van der Waals surface area contributed by atoms with Crippen molar-refractivity contribution in [3.05, 3.63) is 54.1 Å². The summed E-state index contributed by atoms with van der Waals surface area (Å²) >= 11 is 0. The maximum atomic E-state index is 5.89. The number of hydrogen-bond acceptors (Lipinski definition) is 10. The highest BCUT2D eigenvalue weighted by atomic mass is 16.5. The molecule has 10 heteroatoms. The molecule has 10 nitrogen and oxygen atoms in total. The largest absolute Gasteiger partial charge is 0.497 e. The number of rotatable bonds is 12. The van der Waals surface area contributed by atoms with Crippen LogP contribution in [0.4, 0.5) is 17.6 Å². The third kappa shape index (κ3) is 7.01. The highest BCUT2D eigenvalue weighted by Gasteiger charge is 2.20. The van der Waals surface area contributed by atoms with E-state index >= 15 is 0 Å². The summed E-state index contributed by atoms with van der Waals surface area (Å²) in [4.78, 5) is 14.2. The molecule has 0 atom stereocenters. The molecule has 2 aliphatic heterocycles. The van der Waals surface area contributed by atoms with Crippen molar-refractivity contribution in [2.24, 2.45) is 5.10 Å². The highest BCUT2D eigenvalue weighted by Crippen LogP contribution is 2.28. The quantitative estimate of drug-likeness (QED) is 0.204. The molecule has 0 bridgehead atoms. The maximum absolute atomic E-state index is 5.89. The lowest BCUT2D eigenvalue weighted by atomic mass is 10.2. The molecule has 1 aromatic heterocycles. The van der Waals surface area contributed by atoms with Crippen LogP contribution in [-0.4, -0.2) is 69.8 Å². The Morgan fingerprint density at radius 2 is 1.54 bits per heavy atom. The van der Waals surface area contributed by atoms with E-state index in [0.29, 0.717) is 30.5 Å². The van der Waals surface area contributed by atoms with Gasteiger partial charge in [-0.25, -0.2) is 0 Å². The molecular formula is C29H36N6O4. The molecule has 206 valence electrons. The fourth-order valence-corrected chi connectivity index (χ4v) is 4.70. The fourth-order valence-electron chi connectivity index (χ4n) is 4.70. The minimum Gasteiger partial charge on any atom is -0.497 e. The number of hydrogen-bond donors (Lipinski definition) is 1. The van der Waals surface area contributed by atoms with E-state index in [0.717, 1.165) is 55.0 Å². The van der Waals surface area contributed by atoms with Gasteiger partial charge in [0.05, 0.1) is 20.4 Å². The Morgan fingerprint density at radius 1 is 0.795 bits per heavy atom. The molecule has 2 fully saturated rings. The zero-order chi connectivity index (χ0) is 26.9. The van der Waals surface area contributed by atoms with Gasteiger partial charge in [0.2, 0.25) is 5.95 Å². The summed E-state index contributed by atoms with van der Waals surface area (Å²) in [5.41, 5.74) is 3.97. The predicted molar refractivity (Wildman–Crippen MR) is 153 cm³/mol. The monoisotopic (exact) mass is 532 g/mol. The number of ether oxygens (including phenoxy) is 4. The molecule has 0 amide bonds. The molecule has 3 heterocycles. The Labute approximate surface area is 229 Å². The Hall–Kier alpha value is -4.21. The normalized spacial score (nSPS) is 15.1. The highest BCUT2D eigenvalue weighted by molar-refractivity contribution is 5.81. The van der Waals surface area contributed by atoms with Gasteiger partial charge in [0.1, 0.15) is 30.5 Å². The van der Waals surface area contributed by atoms with Gasteiger partial charge in [0, 0.05) is 38.3 Å². The first-order chi connectivity index (χ1) is 19.2. The van der Waals surface area contributed by atoms with Crippen molar-refractivity contribution >= 4 is 23.8 Å². The molecule has 2 aromatic carbocycles. The van der Waals surface area contributed by atoms with Crippen LogP contribution in [0.25, 0.3) is 0 Å². The van der Waals surface area contributed by atoms with E-state index in [1.54, 1.807) is 20.4 Å². The molecule has 0 saturated carbocycles. The second kappa shape index (κ2) is 13.0. The first-order valence-corrected chi connectivity index (χ1v) is 13.5. The van der Waals surface area contributed by atoms with E-state index < -0.39 is 0 Å². The van der Waals surface area contributed by atoms with Gasteiger partial charge in [-0.05, 0) is 61.6 Å². The van der Waals surface area contributed by atoms with Crippen LogP contribution in [0.5, 0.6) is 23.0 Å². The van der Waals surface area contributed by atoms with Crippen LogP contribution in [0.2, 0.25) is 0 Å². The van der Waals surface area contributed by atoms with E-state index in [1.807, 2.05) is 48.5 Å². The lowest BCUT2D eigenvalue weighted by Crippen LogP contribution is -2.24. The van der Waals surface area contributed by atoms with Crippen LogP contribution in [0.15, 0.2) is 53.6 Å². The number of nitrogens with zero attached hydrogens (tertiary/aromatic N) is 5. The number of hydrazone groups is 1. The predicted octanol–water partition coefficient (Wildman–Crippen LogP) is 4.60.